The summed E-state index contributed by atoms with van der Waals surface area (Å²) in [5.74, 6) is -0.187. The van der Waals surface area contributed by atoms with Crippen molar-refractivity contribution >= 4 is 5.91 Å². The molecule has 0 fully saturated rings. The van der Waals surface area contributed by atoms with Crippen LogP contribution in [0.25, 0.3) is 0 Å². The average Bonchev–Trinajstić information content (AvgIpc) is 2.72. The minimum absolute atomic E-state index is 0.0845. The van der Waals surface area contributed by atoms with Gasteiger partial charge in [0.25, 0.3) is 0 Å². The zero-order valence-electron chi connectivity index (χ0n) is 18.5. The van der Waals surface area contributed by atoms with Gasteiger partial charge in [-0.15, -0.1) is 0 Å². The Morgan fingerprint density at radius 1 is 0.833 bits per heavy atom. The molecule has 0 saturated carbocycles. The first-order chi connectivity index (χ1) is 14.4. The second-order valence-electron chi connectivity index (χ2n) is 7.97. The topological polar surface area (TPSA) is 41.1 Å². The molecule has 2 N–H and O–H groups in total. The summed E-state index contributed by atoms with van der Waals surface area (Å²) in [6.07, 6.45) is 9.01. The molecular formula is C24H39F3N2O. The third kappa shape index (κ3) is 12.9. The Kier molecular flexibility index (Phi) is 14.3. The molecule has 3 nitrogen and oxygen atoms in total. The Labute approximate surface area is 180 Å². The zero-order chi connectivity index (χ0) is 22.1. The van der Waals surface area contributed by atoms with Gasteiger partial charge in [0.2, 0.25) is 5.91 Å². The third-order valence-corrected chi connectivity index (χ3v) is 5.26. The molecule has 1 aromatic carbocycles. The molecule has 30 heavy (non-hydrogen) atoms. The van der Waals surface area contributed by atoms with Crippen molar-refractivity contribution in [3.05, 3.63) is 35.4 Å². The van der Waals surface area contributed by atoms with E-state index in [0.717, 1.165) is 51.3 Å². The van der Waals surface area contributed by atoms with E-state index in [-0.39, 0.29) is 18.0 Å². The van der Waals surface area contributed by atoms with E-state index >= 15 is 0 Å². The number of hydrogen-bond acceptors (Lipinski definition) is 2. The summed E-state index contributed by atoms with van der Waals surface area (Å²) in [5.41, 5.74) is -0.581. The van der Waals surface area contributed by atoms with Gasteiger partial charge in [-0.3, -0.25) is 4.79 Å². The number of amides is 1. The van der Waals surface area contributed by atoms with E-state index in [2.05, 4.69) is 17.6 Å². The van der Waals surface area contributed by atoms with E-state index in [1.165, 1.54) is 50.7 Å². The Morgan fingerprint density at radius 3 is 2.03 bits per heavy atom. The van der Waals surface area contributed by atoms with Crippen LogP contribution in [-0.4, -0.2) is 19.0 Å². The van der Waals surface area contributed by atoms with Crippen LogP contribution in [0, 0.1) is 0 Å². The SMILES string of the molecule is CCCCCCCCNCCCCCCCC(=O)NCc1ccccc1C(F)(F)F. The molecule has 1 aromatic rings. The zero-order valence-corrected chi connectivity index (χ0v) is 18.5. The van der Waals surface area contributed by atoms with Crippen LogP contribution < -0.4 is 10.6 Å². The number of nitrogens with one attached hydrogen (secondary N) is 2. The maximum absolute atomic E-state index is 12.9. The maximum atomic E-state index is 12.9. The lowest BCUT2D eigenvalue weighted by molar-refractivity contribution is -0.138. The molecule has 0 atom stereocenters. The first-order valence-corrected chi connectivity index (χ1v) is 11.6. The Hall–Kier alpha value is -1.56. The monoisotopic (exact) mass is 428 g/mol. The predicted molar refractivity (Wildman–Crippen MR) is 117 cm³/mol. The lowest BCUT2D eigenvalue weighted by Crippen LogP contribution is -2.24. The van der Waals surface area contributed by atoms with E-state index in [9.17, 15) is 18.0 Å². The summed E-state index contributed by atoms with van der Waals surface area (Å²) >= 11 is 0. The number of carbonyl (C=O) groups is 1. The molecule has 6 heteroatoms. The Morgan fingerprint density at radius 2 is 1.40 bits per heavy atom. The van der Waals surface area contributed by atoms with E-state index in [4.69, 9.17) is 0 Å². The Bertz CT molecular complexity index is 576. The molecule has 0 aliphatic carbocycles. The molecule has 1 rings (SSSR count). The van der Waals surface area contributed by atoms with Gasteiger partial charge in [-0.05, 0) is 44.0 Å². The number of benzene rings is 1. The molecule has 1 amide bonds. The van der Waals surface area contributed by atoms with Gasteiger partial charge < -0.3 is 10.6 Å². The molecule has 0 aromatic heterocycles. The first-order valence-electron chi connectivity index (χ1n) is 11.6. The number of alkyl halides is 3. The van der Waals surface area contributed by atoms with Crippen molar-refractivity contribution in [3.8, 4) is 0 Å². The highest BCUT2D eigenvalue weighted by atomic mass is 19.4. The van der Waals surface area contributed by atoms with Crippen LogP contribution in [0.15, 0.2) is 24.3 Å². The molecule has 0 aliphatic rings. The van der Waals surface area contributed by atoms with Gasteiger partial charge in [-0.1, -0.05) is 76.5 Å². The summed E-state index contributed by atoms with van der Waals surface area (Å²) in [6.45, 7) is 4.30. The second-order valence-corrected chi connectivity index (χ2v) is 7.97. The van der Waals surface area contributed by atoms with Crippen molar-refractivity contribution in [1.82, 2.24) is 10.6 Å². The molecule has 0 heterocycles. The predicted octanol–water partition coefficient (Wildman–Crippen LogP) is 6.61. The number of unbranched alkanes of at least 4 members (excludes halogenated alkanes) is 9. The number of halogens is 3. The molecule has 0 unspecified atom stereocenters. The molecule has 0 radical (unpaired) electrons. The van der Waals surface area contributed by atoms with Gasteiger partial charge in [0.05, 0.1) is 5.56 Å². The molecule has 0 aliphatic heterocycles. The van der Waals surface area contributed by atoms with Gasteiger partial charge in [0.15, 0.2) is 0 Å². The van der Waals surface area contributed by atoms with E-state index < -0.39 is 11.7 Å². The van der Waals surface area contributed by atoms with Gasteiger partial charge in [-0.2, -0.15) is 13.2 Å². The molecule has 0 bridgehead atoms. The van der Waals surface area contributed by atoms with Crippen LogP contribution in [-0.2, 0) is 17.5 Å². The molecular weight excluding hydrogens is 389 g/mol. The van der Waals surface area contributed by atoms with E-state index in [0.29, 0.717) is 6.42 Å². The smallest absolute Gasteiger partial charge is 0.352 e. The summed E-state index contributed by atoms with van der Waals surface area (Å²) < 4.78 is 38.8. The van der Waals surface area contributed by atoms with Crippen LogP contribution in [0.5, 0.6) is 0 Å². The molecule has 0 saturated heterocycles. The summed E-state index contributed by atoms with van der Waals surface area (Å²) in [5, 5.41) is 6.10. The fourth-order valence-electron chi connectivity index (χ4n) is 3.45. The second kappa shape index (κ2) is 16.2. The van der Waals surface area contributed by atoms with Gasteiger partial charge >= 0.3 is 6.18 Å². The Balaban J connectivity index is 1.97. The highest BCUT2D eigenvalue weighted by molar-refractivity contribution is 5.75. The fraction of sp³-hybridized carbons (Fsp3) is 0.708. The van der Waals surface area contributed by atoms with Crippen LogP contribution in [0.2, 0.25) is 0 Å². The highest BCUT2D eigenvalue weighted by Crippen LogP contribution is 2.31. The number of hydrogen-bond donors (Lipinski definition) is 2. The van der Waals surface area contributed by atoms with Gasteiger partial charge in [-0.25, -0.2) is 0 Å². The quantitative estimate of drug-likeness (QED) is 0.274. The fourth-order valence-corrected chi connectivity index (χ4v) is 3.45. The van der Waals surface area contributed by atoms with Crippen molar-refractivity contribution in [1.29, 1.82) is 0 Å². The summed E-state index contributed by atoms with van der Waals surface area (Å²) in [6, 6.07) is 5.37. The largest absolute Gasteiger partial charge is 0.416 e. The number of carbonyl (C=O) groups excluding carboxylic acids is 1. The third-order valence-electron chi connectivity index (χ3n) is 5.26. The summed E-state index contributed by atoms with van der Waals surface area (Å²) in [7, 11) is 0. The van der Waals surface area contributed by atoms with Crippen LogP contribution in [0.3, 0.4) is 0 Å². The maximum Gasteiger partial charge on any atom is 0.416 e. The average molecular weight is 429 g/mol. The van der Waals surface area contributed by atoms with E-state index in [1.807, 2.05) is 0 Å². The van der Waals surface area contributed by atoms with Crippen molar-refractivity contribution in [2.75, 3.05) is 13.1 Å². The van der Waals surface area contributed by atoms with Gasteiger partial charge in [0, 0.05) is 13.0 Å². The van der Waals surface area contributed by atoms with E-state index in [1.54, 1.807) is 6.07 Å². The van der Waals surface area contributed by atoms with Crippen molar-refractivity contribution in [2.45, 2.75) is 96.7 Å². The highest BCUT2D eigenvalue weighted by Gasteiger charge is 2.32. The normalized spacial score (nSPS) is 11.6. The van der Waals surface area contributed by atoms with Crippen LogP contribution in [0.1, 0.15) is 95.1 Å². The summed E-state index contributed by atoms with van der Waals surface area (Å²) in [4.78, 5) is 11.9. The van der Waals surface area contributed by atoms with Crippen molar-refractivity contribution in [3.63, 3.8) is 0 Å². The molecule has 0 spiro atoms. The first kappa shape index (κ1) is 26.5. The van der Waals surface area contributed by atoms with Gasteiger partial charge in [0.1, 0.15) is 0 Å². The standard InChI is InChI=1S/C24H39F3N2O/c1-2-3-4-5-8-13-18-28-19-14-9-6-7-10-17-23(30)29-20-21-15-11-12-16-22(21)24(25,26)27/h11-12,15-16,28H,2-10,13-14,17-20H2,1H3,(H,29,30). The minimum atomic E-state index is -4.40. The van der Waals surface area contributed by atoms with Crippen molar-refractivity contribution in [2.24, 2.45) is 0 Å². The van der Waals surface area contributed by atoms with Crippen molar-refractivity contribution < 1.29 is 18.0 Å². The minimum Gasteiger partial charge on any atom is -0.352 e. The lowest BCUT2D eigenvalue weighted by Gasteiger charge is -2.13. The van der Waals surface area contributed by atoms with Crippen LogP contribution in [0.4, 0.5) is 13.2 Å². The number of rotatable bonds is 17. The molecule has 172 valence electrons. The van der Waals surface area contributed by atoms with Crippen LogP contribution >= 0.6 is 0 Å². The lowest BCUT2D eigenvalue weighted by atomic mass is 10.1.